The van der Waals surface area contributed by atoms with E-state index in [9.17, 15) is 14.0 Å². The van der Waals surface area contributed by atoms with E-state index in [0.717, 1.165) is 6.20 Å². The van der Waals surface area contributed by atoms with E-state index >= 15 is 0 Å². The van der Waals surface area contributed by atoms with E-state index in [1.54, 1.807) is 48.5 Å². The number of benzene rings is 2. The van der Waals surface area contributed by atoms with Crippen LogP contribution in [0.1, 0.15) is 0 Å². The van der Waals surface area contributed by atoms with Gasteiger partial charge >= 0.3 is 11.3 Å². The Morgan fingerprint density at radius 2 is 1.32 bits per heavy atom. The van der Waals surface area contributed by atoms with Crippen molar-refractivity contribution in [2.75, 3.05) is 10.6 Å². The Morgan fingerprint density at radius 3 is 1.94 bits per heavy atom. The maximum atomic E-state index is 14.3. The highest BCUT2D eigenvalue weighted by Gasteiger charge is 2.09. The second-order valence-corrected chi connectivity index (χ2v) is 6.65. The molecule has 0 aliphatic carbocycles. The Balaban J connectivity index is 1.42. The zero-order valence-electron chi connectivity index (χ0n) is 15.8. The second-order valence-electron chi connectivity index (χ2n) is 6.65. The van der Waals surface area contributed by atoms with Crippen LogP contribution in [0.5, 0.6) is 0 Å². The summed E-state index contributed by atoms with van der Waals surface area (Å²) in [6.45, 7) is 0. The molecular formula is C22H13FN4O4. The predicted molar refractivity (Wildman–Crippen MR) is 114 cm³/mol. The highest BCUT2D eigenvalue weighted by Crippen LogP contribution is 2.24. The smallest absolute Gasteiger partial charge is 0.336 e. The number of aromatic nitrogens is 2. The van der Waals surface area contributed by atoms with Gasteiger partial charge in [-0.25, -0.2) is 19.0 Å². The summed E-state index contributed by atoms with van der Waals surface area (Å²) >= 11 is 0. The van der Waals surface area contributed by atoms with Crippen LogP contribution >= 0.6 is 0 Å². The van der Waals surface area contributed by atoms with Crippen LogP contribution in [0.2, 0.25) is 0 Å². The molecule has 152 valence electrons. The Labute approximate surface area is 173 Å². The fourth-order valence-corrected chi connectivity index (χ4v) is 3.08. The van der Waals surface area contributed by atoms with Gasteiger partial charge in [-0.05, 0) is 48.5 Å². The van der Waals surface area contributed by atoms with E-state index in [2.05, 4.69) is 20.6 Å². The fourth-order valence-electron chi connectivity index (χ4n) is 3.08. The molecule has 8 nitrogen and oxygen atoms in total. The van der Waals surface area contributed by atoms with Crippen molar-refractivity contribution < 1.29 is 13.2 Å². The van der Waals surface area contributed by atoms with Gasteiger partial charge in [-0.1, -0.05) is 0 Å². The Kier molecular flexibility index (Phi) is 4.40. The molecule has 31 heavy (non-hydrogen) atoms. The molecule has 0 amide bonds. The molecule has 0 fully saturated rings. The minimum absolute atomic E-state index is 0.0268. The lowest BCUT2D eigenvalue weighted by molar-refractivity contribution is 0.561. The van der Waals surface area contributed by atoms with Crippen LogP contribution in [0.4, 0.5) is 27.5 Å². The minimum Gasteiger partial charge on any atom is -0.423 e. The monoisotopic (exact) mass is 416 g/mol. The van der Waals surface area contributed by atoms with Gasteiger partial charge in [0.05, 0.1) is 6.20 Å². The first-order valence-electron chi connectivity index (χ1n) is 9.18. The van der Waals surface area contributed by atoms with Crippen LogP contribution in [-0.4, -0.2) is 9.97 Å². The van der Waals surface area contributed by atoms with Gasteiger partial charge in [-0.2, -0.15) is 4.98 Å². The number of hydrogen-bond donors (Lipinski definition) is 2. The van der Waals surface area contributed by atoms with Crippen molar-refractivity contribution in [3.63, 3.8) is 0 Å². The molecule has 0 saturated carbocycles. The summed E-state index contributed by atoms with van der Waals surface area (Å²) in [6, 6.07) is 16.0. The zero-order valence-corrected chi connectivity index (χ0v) is 15.8. The van der Waals surface area contributed by atoms with Crippen LogP contribution in [0.25, 0.3) is 21.9 Å². The first-order chi connectivity index (χ1) is 15.0. The van der Waals surface area contributed by atoms with E-state index < -0.39 is 17.1 Å². The molecule has 0 unspecified atom stereocenters. The van der Waals surface area contributed by atoms with Crippen molar-refractivity contribution in [1.82, 2.24) is 9.97 Å². The number of fused-ring (bicyclic) bond motifs is 2. The molecule has 3 aromatic heterocycles. The first kappa shape index (κ1) is 18.5. The third kappa shape index (κ3) is 3.84. The molecule has 0 radical (unpaired) electrons. The maximum Gasteiger partial charge on any atom is 0.336 e. The van der Waals surface area contributed by atoms with E-state index in [1.807, 2.05) is 0 Å². The summed E-state index contributed by atoms with van der Waals surface area (Å²) in [5.74, 6) is -0.487. The van der Waals surface area contributed by atoms with Crippen molar-refractivity contribution >= 4 is 45.1 Å². The van der Waals surface area contributed by atoms with Crippen LogP contribution in [0, 0.1) is 5.82 Å². The second kappa shape index (κ2) is 7.38. The molecule has 5 rings (SSSR count). The van der Waals surface area contributed by atoms with E-state index in [-0.39, 0.29) is 11.8 Å². The molecule has 0 aliphatic rings. The van der Waals surface area contributed by atoms with Gasteiger partial charge in [0.2, 0.25) is 5.95 Å². The first-order valence-corrected chi connectivity index (χ1v) is 9.18. The standard InChI is InChI=1S/C22H13FN4O4/c23-16-11-24-22(26-15-4-6-18-13(10-15)2-8-20(29)31-18)27-21(16)25-14-3-5-17-12(9-14)1-7-19(28)30-17/h1-11H,(H2,24,25,26,27). The van der Waals surface area contributed by atoms with E-state index in [0.29, 0.717) is 33.3 Å². The highest BCUT2D eigenvalue weighted by atomic mass is 19.1. The van der Waals surface area contributed by atoms with Gasteiger partial charge in [-0.15, -0.1) is 0 Å². The number of rotatable bonds is 4. The van der Waals surface area contributed by atoms with E-state index in [4.69, 9.17) is 8.83 Å². The van der Waals surface area contributed by atoms with Crippen LogP contribution in [-0.2, 0) is 0 Å². The Hall–Kier alpha value is -4.53. The van der Waals surface area contributed by atoms with Gasteiger partial charge in [0.25, 0.3) is 0 Å². The molecule has 5 aromatic rings. The molecule has 2 aromatic carbocycles. The summed E-state index contributed by atoms with van der Waals surface area (Å²) in [5, 5.41) is 7.30. The molecule has 2 N–H and O–H groups in total. The van der Waals surface area contributed by atoms with Gasteiger partial charge in [0, 0.05) is 34.3 Å². The Bertz CT molecular complexity index is 1560. The average molecular weight is 416 g/mol. The number of hydrogen-bond acceptors (Lipinski definition) is 8. The zero-order chi connectivity index (χ0) is 21.4. The number of nitrogens with zero attached hydrogens (tertiary/aromatic N) is 2. The summed E-state index contributed by atoms with van der Waals surface area (Å²) in [7, 11) is 0. The van der Waals surface area contributed by atoms with Gasteiger partial charge in [0.1, 0.15) is 11.2 Å². The summed E-state index contributed by atoms with van der Waals surface area (Å²) < 4.78 is 24.5. The van der Waals surface area contributed by atoms with Crippen molar-refractivity contribution in [3.05, 3.63) is 93.5 Å². The molecule has 0 saturated heterocycles. The van der Waals surface area contributed by atoms with Crippen LogP contribution in [0.3, 0.4) is 0 Å². The lowest BCUT2D eigenvalue weighted by atomic mass is 10.2. The summed E-state index contributed by atoms with van der Waals surface area (Å²) in [6.07, 6.45) is 1.05. The SMILES string of the molecule is O=c1ccc2cc(Nc3ncc(F)c(Nc4ccc5oc(=O)ccc5c4)n3)ccc2o1. The molecule has 3 heterocycles. The molecule has 9 heteroatoms. The van der Waals surface area contributed by atoms with Crippen molar-refractivity contribution in [2.24, 2.45) is 0 Å². The summed E-state index contributed by atoms with van der Waals surface area (Å²) in [4.78, 5) is 30.8. The third-order valence-electron chi connectivity index (χ3n) is 4.50. The lowest BCUT2D eigenvalue weighted by Crippen LogP contribution is -2.03. The normalized spacial score (nSPS) is 11.0. The highest BCUT2D eigenvalue weighted by molar-refractivity contribution is 5.82. The average Bonchev–Trinajstić information content (AvgIpc) is 2.76. The minimum atomic E-state index is -0.634. The third-order valence-corrected chi connectivity index (χ3v) is 4.50. The predicted octanol–water partition coefficient (Wildman–Crippen LogP) is 4.32. The summed E-state index contributed by atoms with van der Waals surface area (Å²) in [5.41, 5.74) is 1.21. The Morgan fingerprint density at radius 1 is 0.742 bits per heavy atom. The number of halogens is 1. The maximum absolute atomic E-state index is 14.3. The molecular weight excluding hydrogens is 403 g/mol. The van der Waals surface area contributed by atoms with Gasteiger partial charge in [-0.3, -0.25) is 0 Å². The van der Waals surface area contributed by atoms with Gasteiger partial charge in [0.15, 0.2) is 11.6 Å². The molecule has 0 aliphatic heterocycles. The topological polar surface area (TPSA) is 110 Å². The molecule has 0 atom stereocenters. The quantitative estimate of drug-likeness (QED) is 0.417. The number of nitrogens with one attached hydrogen (secondary N) is 2. The van der Waals surface area contributed by atoms with Gasteiger partial charge < -0.3 is 19.5 Å². The van der Waals surface area contributed by atoms with Crippen LogP contribution in [0.15, 0.2) is 85.3 Å². The van der Waals surface area contributed by atoms with E-state index in [1.165, 1.54) is 12.1 Å². The fraction of sp³-hybridized carbons (Fsp3) is 0. The number of anilines is 4. The molecule has 0 spiro atoms. The largest absolute Gasteiger partial charge is 0.423 e. The van der Waals surface area contributed by atoms with Crippen molar-refractivity contribution in [2.45, 2.75) is 0 Å². The van der Waals surface area contributed by atoms with Crippen molar-refractivity contribution in [1.29, 1.82) is 0 Å². The lowest BCUT2D eigenvalue weighted by Gasteiger charge is -2.10. The molecule has 0 bridgehead atoms. The van der Waals surface area contributed by atoms with Crippen LogP contribution < -0.4 is 21.9 Å². The van der Waals surface area contributed by atoms with Crippen molar-refractivity contribution in [3.8, 4) is 0 Å².